The molecular weight excluding hydrogens is 403 g/mol. The summed E-state index contributed by atoms with van der Waals surface area (Å²) in [6.45, 7) is 2.93. The predicted molar refractivity (Wildman–Crippen MR) is 105 cm³/mol. The normalized spacial score (nSPS) is 20.4. The fourth-order valence-corrected chi connectivity index (χ4v) is 3.91. The van der Waals surface area contributed by atoms with Crippen LogP contribution in [0.15, 0.2) is 6.20 Å². The first kappa shape index (κ1) is 19.8. The van der Waals surface area contributed by atoms with Crippen molar-refractivity contribution in [2.24, 2.45) is 0 Å². The highest BCUT2D eigenvalue weighted by Crippen LogP contribution is 2.30. The van der Waals surface area contributed by atoms with Gasteiger partial charge < -0.3 is 24.5 Å². The first-order valence-electron chi connectivity index (χ1n) is 9.51. The summed E-state index contributed by atoms with van der Waals surface area (Å²) in [5.74, 6) is -0.252. The number of fused-ring (bicyclic) bond motifs is 1. The number of amides is 1. The molecule has 1 atom stereocenters. The van der Waals surface area contributed by atoms with E-state index in [4.69, 9.17) is 21.4 Å². The van der Waals surface area contributed by atoms with Gasteiger partial charge in [-0.2, -0.15) is 9.97 Å². The first-order chi connectivity index (χ1) is 13.9. The maximum Gasteiger partial charge on any atom is 0.407 e. The van der Waals surface area contributed by atoms with Crippen LogP contribution in [0.1, 0.15) is 12.8 Å². The Morgan fingerprint density at radius 2 is 2.07 bits per heavy atom. The highest BCUT2D eigenvalue weighted by Gasteiger charge is 2.26. The minimum Gasteiger partial charge on any atom is -0.465 e. The van der Waals surface area contributed by atoms with E-state index in [0.29, 0.717) is 44.0 Å². The van der Waals surface area contributed by atoms with E-state index >= 15 is 0 Å². The molecule has 0 radical (unpaired) electrons. The molecule has 29 heavy (non-hydrogen) atoms. The Morgan fingerprint density at radius 1 is 1.31 bits per heavy atom. The Kier molecular flexibility index (Phi) is 5.55. The minimum atomic E-state index is -0.957. The average Bonchev–Trinajstić information content (AvgIpc) is 3.13. The lowest BCUT2D eigenvalue weighted by molar-refractivity contribution is 0.142. The lowest BCUT2D eigenvalue weighted by Gasteiger charge is -2.34. The molecule has 1 N–H and O–H groups in total. The maximum absolute atomic E-state index is 14.6. The summed E-state index contributed by atoms with van der Waals surface area (Å²) in [4.78, 5) is 29.2. The van der Waals surface area contributed by atoms with E-state index in [2.05, 4.69) is 19.9 Å². The summed E-state index contributed by atoms with van der Waals surface area (Å²) >= 11 is 5.85. The van der Waals surface area contributed by atoms with Crippen LogP contribution >= 0.6 is 11.6 Å². The van der Waals surface area contributed by atoms with Crippen molar-refractivity contribution in [3.63, 3.8) is 0 Å². The monoisotopic (exact) mass is 424 g/mol. The van der Waals surface area contributed by atoms with Crippen molar-refractivity contribution >= 4 is 34.4 Å². The Hall–Kier alpha value is -2.46. The van der Waals surface area contributed by atoms with Crippen molar-refractivity contribution in [2.75, 3.05) is 51.3 Å². The first-order valence-corrected chi connectivity index (χ1v) is 9.89. The van der Waals surface area contributed by atoms with Crippen molar-refractivity contribution in [3.05, 3.63) is 17.2 Å². The topological polar surface area (TPSA) is 94.9 Å². The summed E-state index contributed by atoms with van der Waals surface area (Å²) in [6, 6.07) is 0.345. The van der Waals surface area contributed by atoms with Crippen LogP contribution in [0.5, 0.6) is 6.01 Å². The largest absolute Gasteiger partial charge is 0.465 e. The number of likely N-dealkylation sites (tertiary alicyclic amines) is 1. The molecule has 2 aliphatic rings. The van der Waals surface area contributed by atoms with Crippen LogP contribution in [0.2, 0.25) is 5.15 Å². The molecular formula is C18H22ClFN6O3. The number of halogens is 2. The van der Waals surface area contributed by atoms with Gasteiger partial charge in [0.15, 0.2) is 11.0 Å². The highest BCUT2D eigenvalue weighted by atomic mass is 35.5. The second-order valence-electron chi connectivity index (χ2n) is 7.30. The van der Waals surface area contributed by atoms with Crippen molar-refractivity contribution in [2.45, 2.75) is 18.9 Å². The summed E-state index contributed by atoms with van der Waals surface area (Å²) in [5.41, 5.74) is 0.0467. The molecule has 9 nitrogen and oxygen atoms in total. The number of aromatic nitrogens is 3. The van der Waals surface area contributed by atoms with E-state index in [-0.39, 0.29) is 22.7 Å². The second-order valence-corrected chi connectivity index (χ2v) is 7.66. The molecule has 4 rings (SSSR count). The molecule has 0 bridgehead atoms. The SMILES string of the molecule is CN1CCC[C@H]1COc1nc(N2CCN(C(=O)O)CC2)c2cnc(Cl)c(F)c2n1. The van der Waals surface area contributed by atoms with Crippen molar-refractivity contribution in [3.8, 4) is 6.01 Å². The summed E-state index contributed by atoms with van der Waals surface area (Å²) in [7, 11) is 2.04. The van der Waals surface area contributed by atoms with Gasteiger partial charge in [-0.15, -0.1) is 0 Å². The van der Waals surface area contributed by atoms with E-state index in [1.807, 2.05) is 11.9 Å². The number of rotatable bonds is 4. The van der Waals surface area contributed by atoms with E-state index in [0.717, 1.165) is 19.4 Å². The number of pyridine rings is 1. The van der Waals surface area contributed by atoms with Gasteiger partial charge in [0.1, 0.15) is 17.9 Å². The van der Waals surface area contributed by atoms with E-state index in [1.165, 1.54) is 11.1 Å². The van der Waals surface area contributed by atoms with Crippen LogP contribution in [-0.4, -0.2) is 88.4 Å². The van der Waals surface area contributed by atoms with Gasteiger partial charge in [0.25, 0.3) is 0 Å². The number of piperazine rings is 1. The number of carbonyl (C=O) groups is 1. The molecule has 2 aliphatic heterocycles. The number of ether oxygens (including phenoxy) is 1. The smallest absolute Gasteiger partial charge is 0.407 e. The number of hydrogen-bond acceptors (Lipinski definition) is 7. The van der Waals surface area contributed by atoms with Gasteiger partial charge in [-0.25, -0.2) is 14.2 Å². The van der Waals surface area contributed by atoms with Crippen LogP contribution in [0.3, 0.4) is 0 Å². The highest BCUT2D eigenvalue weighted by molar-refractivity contribution is 6.30. The van der Waals surface area contributed by atoms with Gasteiger partial charge in [-0.1, -0.05) is 11.6 Å². The van der Waals surface area contributed by atoms with Crippen LogP contribution in [0.25, 0.3) is 10.9 Å². The molecule has 0 unspecified atom stereocenters. The van der Waals surface area contributed by atoms with E-state index in [1.54, 1.807) is 0 Å². The standard InChI is InChI=1S/C18H22ClFN6O3/c1-24-4-2-3-11(24)10-29-17-22-14-12(9-21-15(19)13(14)20)16(23-17)25-5-7-26(8-6-25)18(27)28/h9,11H,2-8,10H2,1H3,(H,27,28)/t11-/m0/s1. The molecule has 2 aromatic rings. The molecule has 0 aromatic carbocycles. The van der Waals surface area contributed by atoms with Gasteiger partial charge in [0.2, 0.25) is 0 Å². The Morgan fingerprint density at radius 3 is 2.72 bits per heavy atom. The lowest BCUT2D eigenvalue weighted by Crippen LogP contribution is -2.48. The molecule has 0 spiro atoms. The third-order valence-electron chi connectivity index (χ3n) is 5.53. The van der Waals surface area contributed by atoms with E-state index in [9.17, 15) is 9.18 Å². The zero-order chi connectivity index (χ0) is 20.5. The number of carboxylic acid groups (broad SMARTS) is 1. The van der Waals surface area contributed by atoms with Crippen molar-refractivity contribution in [1.82, 2.24) is 24.8 Å². The molecule has 2 aromatic heterocycles. The lowest BCUT2D eigenvalue weighted by atomic mass is 10.2. The number of nitrogens with zero attached hydrogens (tertiary/aromatic N) is 6. The fourth-order valence-electron chi connectivity index (χ4n) is 3.78. The van der Waals surface area contributed by atoms with Crippen molar-refractivity contribution < 1.29 is 19.0 Å². The molecule has 2 saturated heterocycles. The second kappa shape index (κ2) is 8.11. The molecule has 1 amide bonds. The summed E-state index contributed by atoms with van der Waals surface area (Å²) in [5, 5.41) is 9.31. The number of hydrogen-bond donors (Lipinski definition) is 1. The van der Waals surface area contributed by atoms with E-state index < -0.39 is 11.9 Å². The molecule has 11 heteroatoms. The van der Waals surface area contributed by atoms with Gasteiger partial charge in [-0.3, -0.25) is 0 Å². The quantitative estimate of drug-likeness (QED) is 0.745. The molecule has 2 fully saturated rings. The van der Waals surface area contributed by atoms with Crippen LogP contribution in [0.4, 0.5) is 15.0 Å². The number of anilines is 1. The van der Waals surface area contributed by atoms with Gasteiger partial charge in [-0.05, 0) is 26.4 Å². The predicted octanol–water partition coefficient (Wildman–Crippen LogP) is 2.09. The maximum atomic E-state index is 14.6. The Labute approximate surface area is 172 Å². The molecule has 0 saturated carbocycles. The zero-order valence-corrected chi connectivity index (χ0v) is 16.8. The minimum absolute atomic E-state index is 0.0467. The summed E-state index contributed by atoms with van der Waals surface area (Å²) in [6.07, 6.45) is 2.62. The van der Waals surface area contributed by atoms with Gasteiger partial charge in [0.05, 0.1) is 5.39 Å². The average molecular weight is 425 g/mol. The van der Waals surface area contributed by atoms with Crippen molar-refractivity contribution in [1.29, 1.82) is 0 Å². The molecule has 0 aliphatic carbocycles. The number of likely N-dealkylation sites (N-methyl/N-ethyl adjacent to an activating group) is 1. The Bertz CT molecular complexity index is 924. The fraction of sp³-hybridized carbons (Fsp3) is 0.556. The van der Waals surface area contributed by atoms with Crippen LogP contribution in [0, 0.1) is 5.82 Å². The molecule has 156 valence electrons. The third kappa shape index (κ3) is 3.99. The third-order valence-corrected chi connectivity index (χ3v) is 5.79. The van der Waals surface area contributed by atoms with Gasteiger partial charge in [0, 0.05) is 38.4 Å². The Balaban J connectivity index is 1.64. The van der Waals surface area contributed by atoms with Crippen LogP contribution < -0.4 is 9.64 Å². The van der Waals surface area contributed by atoms with Gasteiger partial charge >= 0.3 is 12.1 Å². The molecule has 4 heterocycles. The summed E-state index contributed by atoms with van der Waals surface area (Å²) < 4.78 is 20.5. The zero-order valence-electron chi connectivity index (χ0n) is 16.0. The van der Waals surface area contributed by atoms with Crippen LogP contribution in [-0.2, 0) is 0 Å².